The summed E-state index contributed by atoms with van der Waals surface area (Å²) in [7, 11) is 0. The van der Waals surface area contributed by atoms with E-state index in [1.807, 2.05) is 47.4 Å². The molecule has 1 aromatic carbocycles. The molecule has 1 atom stereocenters. The highest BCUT2D eigenvalue weighted by atomic mass is 16.2. The Labute approximate surface area is 176 Å². The number of anilines is 1. The third kappa shape index (κ3) is 4.54. The minimum atomic E-state index is -0.102. The van der Waals surface area contributed by atoms with Crippen LogP contribution in [0.15, 0.2) is 67.0 Å². The van der Waals surface area contributed by atoms with Gasteiger partial charge in [0.2, 0.25) is 5.91 Å². The van der Waals surface area contributed by atoms with Crippen molar-refractivity contribution in [1.82, 2.24) is 14.9 Å². The van der Waals surface area contributed by atoms with Crippen molar-refractivity contribution >= 4 is 17.5 Å². The quantitative estimate of drug-likeness (QED) is 0.715. The second kappa shape index (κ2) is 8.86. The Morgan fingerprint density at radius 1 is 1.10 bits per heavy atom. The van der Waals surface area contributed by atoms with Crippen LogP contribution in [0.2, 0.25) is 0 Å². The Balaban J connectivity index is 1.54. The molecule has 0 radical (unpaired) electrons. The monoisotopic (exact) mass is 400 g/mol. The maximum Gasteiger partial charge on any atom is 0.255 e. The third-order valence-electron chi connectivity index (χ3n) is 5.28. The van der Waals surface area contributed by atoms with E-state index in [-0.39, 0.29) is 17.7 Å². The van der Waals surface area contributed by atoms with Crippen LogP contribution in [0.1, 0.15) is 41.7 Å². The maximum absolute atomic E-state index is 12.8. The van der Waals surface area contributed by atoms with Gasteiger partial charge in [0.15, 0.2) is 0 Å². The molecule has 0 saturated carbocycles. The lowest BCUT2D eigenvalue weighted by Gasteiger charge is -2.32. The van der Waals surface area contributed by atoms with E-state index in [0.717, 1.165) is 42.0 Å². The molecule has 6 heteroatoms. The number of amides is 2. The summed E-state index contributed by atoms with van der Waals surface area (Å²) in [5, 5.41) is 2.81. The van der Waals surface area contributed by atoms with Gasteiger partial charge in [-0.1, -0.05) is 18.2 Å². The van der Waals surface area contributed by atoms with E-state index < -0.39 is 0 Å². The smallest absolute Gasteiger partial charge is 0.255 e. The predicted octanol–water partition coefficient (Wildman–Crippen LogP) is 4.12. The van der Waals surface area contributed by atoms with Crippen molar-refractivity contribution in [2.75, 3.05) is 18.4 Å². The Bertz CT molecular complexity index is 1050. The highest BCUT2D eigenvalue weighted by molar-refractivity contribution is 5.94. The zero-order valence-electron chi connectivity index (χ0n) is 16.9. The van der Waals surface area contributed by atoms with E-state index in [4.69, 9.17) is 4.98 Å². The predicted molar refractivity (Wildman–Crippen MR) is 116 cm³/mol. The second-order valence-electron chi connectivity index (χ2n) is 7.54. The fourth-order valence-corrected chi connectivity index (χ4v) is 3.87. The van der Waals surface area contributed by atoms with Crippen molar-refractivity contribution in [3.05, 3.63) is 78.2 Å². The number of likely N-dealkylation sites (tertiary alicyclic amines) is 1. The molecule has 1 fully saturated rings. The van der Waals surface area contributed by atoms with Gasteiger partial charge in [0.05, 0.1) is 11.3 Å². The molecule has 0 aliphatic carbocycles. The number of benzene rings is 1. The molecule has 2 amide bonds. The highest BCUT2D eigenvalue weighted by Gasteiger charge is 2.26. The number of nitrogens with one attached hydrogen (secondary N) is 1. The number of nitrogens with zero attached hydrogens (tertiary/aromatic N) is 3. The molecule has 0 bridgehead atoms. The summed E-state index contributed by atoms with van der Waals surface area (Å²) in [4.78, 5) is 35.0. The van der Waals surface area contributed by atoms with Crippen LogP contribution < -0.4 is 5.32 Å². The van der Waals surface area contributed by atoms with Crippen LogP contribution in [-0.4, -0.2) is 39.8 Å². The van der Waals surface area contributed by atoms with Gasteiger partial charge in [-0.3, -0.25) is 19.6 Å². The Morgan fingerprint density at radius 3 is 2.77 bits per heavy atom. The number of hydrogen-bond donors (Lipinski definition) is 1. The highest BCUT2D eigenvalue weighted by Crippen LogP contribution is 2.29. The van der Waals surface area contributed by atoms with Crippen molar-refractivity contribution in [1.29, 1.82) is 0 Å². The molecule has 6 nitrogen and oxygen atoms in total. The number of piperidine rings is 1. The minimum absolute atomic E-state index is 0.0203. The van der Waals surface area contributed by atoms with Gasteiger partial charge in [-0.05, 0) is 49.2 Å². The Morgan fingerprint density at radius 2 is 1.97 bits per heavy atom. The first-order valence-corrected chi connectivity index (χ1v) is 10.1. The van der Waals surface area contributed by atoms with Crippen molar-refractivity contribution in [3.63, 3.8) is 0 Å². The zero-order chi connectivity index (χ0) is 20.9. The number of hydrogen-bond acceptors (Lipinski definition) is 4. The molecule has 1 aliphatic heterocycles. The molecule has 3 aromatic rings. The summed E-state index contributed by atoms with van der Waals surface area (Å²) >= 11 is 0. The van der Waals surface area contributed by atoms with Gasteiger partial charge in [0, 0.05) is 55.3 Å². The van der Waals surface area contributed by atoms with E-state index in [1.165, 1.54) is 6.92 Å². The average Bonchev–Trinajstić information content (AvgIpc) is 2.79. The third-order valence-corrected chi connectivity index (χ3v) is 5.28. The van der Waals surface area contributed by atoms with Crippen molar-refractivity contribution in [2.45, 2.75) is 25.7 Å². The van der Waals surface area contributed by atoms with Crippen molar-refractivity contribution in [2.24, 2.45) is 0 Å². The summed E-state index contributed by atoms with van der Waals surface area (Å²) in [5.41, 5.74) is 4.16. The van der Waals surface area contributed by atoms with E-state index >= 15 is 0 Å². The minimum Gasteiger partial charge on any atom is -0.338 e. The maximum atomic E-state index is 12.8. The zero-order valence-corrected chi connectivity index (χ0v) is 16.9. The van der Waals surface area contributed by atoms with Gasteiger partial charge in [-0.15, -0.1) is 0 Å². The summed E-state index contributed by atoms with van der Waals surface area (Å²) in [6.07, 6.45) is 5.23. The first-order chi connectivity index (χ1) is 14.6. The topological polar surface area (TPSA) is 75.2 Å². The lowest BCUT2D eigenvalue weighted by atomic mass is 9.93. The molecule has 152 valence electrons. The van der Waals surface area contributed by atoms with Gasteiger partial charge in [0.1, 0.15) is 0 Å². The van der Waals surface area contributed by atoms with Gasteiger partial charge < -0.3 is 10.2 Å². The number of carbonyl (C=O) groups excluding carboxylic acids is 2. The van der Waals surface area contributed by atoms with Crippen LogP contribution in [-0.2, 0) is 4.79 Å². The first-order valence-electron chi connectivity index (χ1n) is 10.1. The molecule has 2 aromatic heterocycles. The van der Waals surface area contributed by atoms with Crippen LogP contribution in [0.5, 0.6) is 0 Å². The van der Waals surface area contributed by atoms with Crippen LogP contribution in [0.25, 0.3) is 11.3 Å². The lowest BCUT2D eigenvalue weighted by molar-refractivity contribution is -0.114. The molecule has 1 saturated heterocycles. The molecule has 30 heavy (non-hydrogen) atoms. The molecule has 3 heterocycles. The molecule has 1 N–H and O–H groups in total. The number of rotatable bonds is 4. The van der Waals surface area contributed by atoms with Gasteiger partial charge in [0.25, 0.3) is 5.91 Å². The second-order valence-corrected chi connectivity index (χ2v) is 7.54. The Kier molecular flexibility index (Phi) is 5.84. The summed E-state index contributed by atoms with van der Waals surface area (Å²) in [6.45, 7) is 2.89. The largest absolute Gasteiger partial charge is 0.338 e. The van der Waals surface area contributed by atoms with Gasteiger partial charge >= 0.3 is 0 Å². The fraction of sp³-hybridized carbons (Fsp3) is 0.250. The molecular formula is C24H24N4O2. The molecular weight excluding hydrogens is 376 g/mol. The summed E-state index contributed by atoms with van der Waals surface area (Å²) in [6, 6.07) is 17.3. The molecule has 4 rings (SSSR count). The van der Waals surface area contributed by atoms with Crippen LogP contribution in [0.3, 0.4) is 0 Å². The molecule has 0 spiro atoms. The summed E-state index contributed by atoms with van der Waals surface area (Å²) < 4.78 is 0. The number of aromatic nitrogens is 2. The van der Waals surface area contributed by atoms with Crippen molar-refractivity contribution < 1.29 is 9.59 Å². The number of carbonyl (C=O) groups is 2. The van der Waals surface area contributed by atoms with Gasteiger partial charge in [-0.25, -0.2) is 0 Å². The molecule has 1 aliphatic rings. The summed E-state index contributed by atoms with van der Waals surface area (Å²) in [5.74, 6) is 0.110. The van der Waals surface area contributed by atoms with Crippen LogP contribution >= 0.6 is 0 Å². The van der Waals surface area contributed by atoms with Crippen LogP contribution in [0, 0.1) is 0 Å². The molecule has 0 unspecified atom stereocenters. The van der Waals surface area contributed by atoms with E-state index in [1.54, 1.807) is 24.5 Å². The van der Waals surface area contributed by atoms with E-state index in [9.17, 15) is 9.59 Å². The average molecular weight is 400 g/mol. The standard InChI is InChI=1S/C24H24N4O2/c1-17(29)26-21-9-2-6-18(14-21)22-10-3-11-23(27-22)20-8-5-13-28(16-20)24(30)19-7-4-12-25-15-19/h2-4,6-7,9-12,14-15,20H,5,8,13,16H2,1H3,(H,26,29)/t20-/m0/s1. The van der Waals surface area contributed by atoms with E-state index in [0.29, 0.717) is 12.1 Å². The van der Waals surface area contributed by atoms with Crippen molar-refractivity contribution in [3.8, 4) is 11.3 Å². The normalized spacial score (nSPS) is 16.2. The SMILES string of the molecule is CC(=O)Nc1cccc(-c2cccc([C@H]3CCCN(C(=O)c4cccnc4)C3)n2)c1. The first kappa shape index (κ1) is 19.8. The van der Waals surface area contributed by atoms with Gasteiger partial charge in [-0.2, -0.15) is 0 Å². The Hall–Kier alpha value is -3.54. The van der Waals surface area contributed by atoms with E-state index in [2.05, 4.69) is 10.3 Å². The number of pyridine rings is 2. The fourth-order valence-electron chi connectivity index (χ4n) is 3.87. The lowest BCUT2D eigenvalue weighted by Crippen LogP contribution is -2.39. The van der Waals surface area contributed by atoms with Crippen LogP contribution in [0.4, 0.5) is 5.69 Å².